The Morgan fingerprint density at radius 3 is 2.80 bits per heavy atom. The number of benzene rings is 1. The largest absolute Gasteiger partial charge is 0.586 e. The molecule has 30 heavy (non-hydrogen) atoms. The van der Waals surface area contributed by atoms with Crippen LogP contribution in [0.3, 0.4) is 0 Å². The van der Waals surface area contributed by atoms with Gasteiger partial charge in [0.2, 0.25) is 5.95 Å². The Bertz CT molecular complexity index is 1150. The monoisotopic (exact) mass is 426 g/mol. The number of hydrogen-bond acceptors (Lipinski definition) is 7. The molecule has 2 N–H and O–H groups in total. The first-order valence-electron chi connectivity index (χ1n) is 9.50. The molecule has 0 saturated carbocycles. The van der Waals surface area contributed by atoms with E-state index in [0.29, 0.717) is 42.8 Å². The van der Waals surface area contributed by atoms with Crippen molar-refractivity contribution in [3.05, 3.63) is 18.0 Å². The molecule has 2 aromatic heterocycles. The molecule has 0 amide bonds. The van der Waals surface area contributed by atoms with E-state index in [0.717, 1.165) is 0 Å². The van der Waals surface area contributed by atoms with Gasteiger partial charge in [0, 0.05) is 24.8 Å². The van der Waals surface area contributed by atoms with Crippen molar-refractivity contribution in [2.24, 2.45) is 0 Å². The van der Waals surface area contributed by atoms with Crippen LogP contribution >= 0.6 is 0 Å². The van der Waals surface area contributed by atoms with E-state index >= 15 is 0 Å². The molecule has 1 saturated heterocycles. The molecule has 0 radical (unpaired) electrons. The Morgan fingerprint density at radius 1 is 1.20 bits per heavy atom. The summed E-state index contributed by atoms with van der Waals surface area (Å²) >= 11 is 0. The van der Waals surface area contributed by atoms with Crippen LogP contribution in [0, 0.1) is 0 Å². The molecule has 2 aliphatic heterocycles. The lowest BCUT2D eigenvalue weighted by Crippen LogP contribution is -2.51. The van der Waals surface area contributed by atoms with Gasteiger partial charge in [-0.1, -0.05) is 0 Å². The molecule has 1 atom stereocenters. The standard InChI is InChI=1S/C18H18F4N6O2/c1-9-17(19,20)6-2-7-27(9)8-5-12-24-15-10-3-4-11-14(30-18(21,22)29-11)13(10)25-16(23)28(15)26-12/h3-4,9H,2,5-8H2,1H3,(H2,23,25)/t9-/m0/s1. The summed E-state index contributed by atoms with van der Waals surface area (Å²) in [6.45, 7) is 2.45. The van der Waals surface area contributed by atoms with Crippen LogP contribution in [-0.2, 0) is 6.42 Å². The highest BCUT2D eigenvalue weighted by molar-refractivity contribution is 5.97. The number of alkyl halides is 4. The maximum absolute atomic E-state index is 14.0. The van der Waals surface area contributed by atoms with E-state index in [4.69, 9.17) is 5.73 Å². The van der Waals surface area contributed by atoms with E-state index in [9.17, 15) is 17.6 Å². The number of hydrogen-bond donors (Lipinski definition) is 1. The number of halogens is 4. The number of nitrogens with zero attached hydrogens (tertiary/aromatic N) is 5. The maximum atomic E-state index is 14.0. The molecule has 5 rings (SSSR count). The van der Waals surface area contributed by atoms with Gasteiger partial charge in [-0.2, -0.15) is 4.52 Å². The molecule has 3 aromatic rings. The number of ether oxygens (including phenoxy) is 2. The van der Waals surface area contributed by atoms with Crippen molar-refractivity contribution in [1.82, 2.24) is 24.5 Å². The normalized spacial score (nSPS) is 22.8. The predicted molar refractivity (Wildman–Crippen MR) is 97.8 cm³/mol. The summed E-state index contributed by atoms with van der Waals surface area (Å²) in [4.78, 5) is 10.3. The van der Waals surface area contributed by atoms with Crippen LogP contribution in [0.4, 0.5) is 23.5 Å². The Labute approximate surface area is 167 Å². The van der Waals surface area contributed by atoms with Crippen LogP contribution in [0.15, 0.2) is 12.1 Å². The van der Waals surface area contributed by atoms with E-state index in [-0.39, 0.29) is 29.4 Å². The number of fused-ring (bicyclic) bond motifs is 5. The predicted octanol–water partition coefficient (Wildman–Crippen LogP) is 2.84. The lowest BCUT2D eigenvalue weighted by atomic mass is 9.99. The van der Waals surface area contributed by atoms with Crippen molar-refractivity contribution in [3.8, 4) is 11.5 Å². The smallest absolute Gasteiger partial charge is 0.395 e. The lowest BCUT2D eigenvalue weighted by Gasteiger charge is -2.38. The SMILES string of the molecule is C[C@@H]1N(CCc2nc3c4ccc5c(c4nc(N)n3n2)OC(F)(F)O5)CCCC1(F)F. The second-order valence-electron chi connectivity index (χ2n) is 7.52. The number of rotatable bonds is 3. The minimum atomic E-state index is -3.79. The first kappa shape index (κ1) is 19.1. The number of piperidine rings is 1. The van der Waals surface area contributed by atoms with Crippen molar-refractivity contribution in [1.29, 1.82) is 0 Å². The summed E-state index contributed by atoms with van der Waals surface area (Å²) in [6, 6.07) is 1.99. The fraction of sp³-hybridized carbons (Fsp3) is 0.500. The molecule has 160 valence electrons. The average molecular weight is 426 g/mol. The highest BCUT2D eigenvalue weighted by Gasteiger charge is 2.45. The third-order valence-electron chi connectivity index (χ3n) is 5.62. The summed E-state index contributed by atoms with van der Waals surface area (Å²) in [5.74, 6) is -2.77. The number of anilines is 1. The fourth-order valence-corrected chi connectivity index (χ4v) is 3.98. The Morgan fingerprint density at radius 2 is 2.00 bits per heavy atom. The van der Waals surface area contributed by atoms with Gasteiger partial charge in [-0.3, -0.25) is 4.90 Å². The molecule has 1 aromatic carbocycles. The van der Waals surface area contributed by atoms with Crippen molar-refractivity contribution in [2.75, 3.05) is 18.8 Å². The lowest BCUT2D eigenvalue weighted by molar-refractivity contribution is -0.286. The van der Waals surface area contributed by atoms with E-state index in [2.05, 4.69) is 24.5 Å². The molecular formula is C18H18F4N6O2. The second kappa shape index (κ2) is 6.30. The van der Waals surface area contributed by atoms with Crippen LogP contribution in [0.5, 0.6) is 11.5 Å². The molecule has 0 spiro atoms. The molecule has 4 heterocycles. The summed E-state index contributed by atoms with van der Waals surface area (Å²) in [7, 11) is 0. The molecule has 0 aliphatic carbocycles. The van der Waals surface area contributed by atoms with Gasteiger partial charge in [0.25, 0.3) is 5.92 Å². The van der Waals surface area contributed by atoms with Gasteiger partial charge >= 0.3 is 6.29 Å². The quantitative estimate of drug-likeness (QED) is 0.644. The topological polar surface area (TPSA) is 90.8 Å². The van der Waals surface area contributed by atoms with Crippen molar-refractivity contribution >= 4 is 22.5 Å². The summed E-state index contributed by atoms with van der Waals surface area (Å²) in [5.41, 5.74) is 6.34. The van der Waals surface area contributed by atoms with Crippen molar-refractivity contribution in [2.45, 2.75) is 44.4 Å². The highest BCUT2D eigenvalue weighted by atomic mass is 19.3. The van der Waals surface area contributed by atoms with Gasteiger partial charge < -0.3 is 15.2 Å². The number of likely N-dealkylation sites (tertiary alicyclic amines) is 1. The first-order valence-corrected chi connectivity index (χ1v) is 9.50. The Balaban J connectivity index is 1.47. The average Bonchev–Trinajstić information content (AvgIpc) is 3.23. The van der Waals surface area contributed by atoms with Crippen LogP contribution in [0.1, 0.15) is 25.6 Å². The Hall–Kier alpha value is -2.89. The van der Waals surface area contributed by atoms with Crippen LogP contribution in [0.2, 0.25) is 0 Å². The third kappa shape index (κ3) is 2.97. The van der Waals surface area contributed by atoms with Crippen LogP contribution in [0.25, 0.3) is 16.6 Å². The molecule has 12 heteroatoms. The molecule has 0 bridgehead atoms. The number of nitrogens with two attached hydrogens (primary N) is 1. The molecule has 0 unspecified atom stereocenters. The zero-order valence-electron chi connectivity index (χ0n) is 15.9. The van der Waals surface area contributed by atoms with E-state index < -0.39 is 18.3 Å². The van der Waals surface area contributed by atoms with Gasteiger partial charge in [0.15, 0.2) is 23.0 Å². The van der Waals surface area contributed by atoms with E-state index in [1.807, 2.05) is 0 Å². The summed E-state index contributed by atoms with van der Waals surface area (Å²) in [6.07, 6.45) is -3.15. The van der Waals surface area contributed by atoms with E-state index in [1.54, 1.807) is 4.90 Å². The zero-order chi connectivity index (χ0) is 21.3. The maximum Gasteiger partial charge on any atom is 0.586 e. The zero-order valence-corrected chi connectivity index (χ0v) is 15.9. The van der Waals surface area contributed by atoms with Gasteiger partial charge in [-0.05, 0) is 32.0 Å². The minimum Gasteiger partial charge on any atom is -0.395 e. The van der Waals surface area contributed by atoms with E-state index in [1.165, 1.54) is 23.6 Å². The summed E-state index contributed by atoms with van der Waals surface area (Å²) in [5, 5.41) is 4.72. The van der Waals surface area contributed by atoms with Gasteiger partial charge in [0.05, 0.1) is 6.04 Å². The molecule has 1 fully saturated rings. The van der Waals surface area contributed by atoms with Crippen LogP contribution in [-0.4, -0.2) is 55.8 Å². The second-order valence-corrected chi connectivity index (χ2v) is 7.52. The van der Waals surface area contributed by atoms with Gasteiger partial charge in [-0.15, -0.1) is 13.9 Å². The van der Waals surface area contributed by atoms with Crippen molar-refractivity contribution < 1.29 is 27.0 Å². The summed E-state index contributed by atoms with van der Waals surface area (Å²) < 4.78 is 65.1. The molecular weight excluding hydrogens is 408 g/mol. The fourth-order valence-electron chi connectivity index (χ4n) is 3.98. The van der Waals surface area contributed by atoms with Gasteiger partial charge in [0.1, 0.15) is 5.52 Å². The number of nitrogen functional groups attached to an aromatic ring is 1. The van der Waals surface area contributed by atoms with Crippen LogP contribution < -0.4 is 15.2 Å². The minimum absolute atomic E-state index is 0.0682. The Kier molecular flexibility index (Phi) is 4.01. The van der Waals surface area contributed by atoms with Crippen molar-refractivity contribution in [3.63, 3.8) is 0 Å². The first-order chi connectivity index (χ1) is 14.1. The third-order valence-corrected chi connectivity index (χ3v) is 5.62. The molecule has 8 nitrogen and oxygen atoms in total. The highest BCUT2D eigenvalue weighted by Crippen LogP contribution is 2.45. The number of aromatic nitrogens is 4. The molecule has 2 aliphatic rings. The van der Waals surface area contributed by atoms with Gasteiger partial charge in [-0.25, -0.2) is 18.7 Å².